The van der Waals surface area contributed by atoms with E-state index in [1.54, 1.807) is 31.1 Å². The number of hydrogen-bond acceptors (Lipinski definition) is 8. The summed E-state index contributed by atoms with van der Waals surface area (Å²) in [4.78, 5) is 25.9. The maximum Gasteiger partial charge on any atom is 0.181 e. The molecule has 1 atom stereocenters. The second kappa shape index (κ2) is 8.54. The molecule has 0 radical (unpaired) electrons. The van der Waals surface area contributed by atoms with Crippen LogP contribution in [0.5, 0.6) is 0 Å². The number of aryl methyl sites for hydroxylation is 1. The van der Waals surface area contributed by atoms with Gasteiger partial charge in [0.1, 0.15) is 23.8 Å². The number of aromatic nitrogens is 9. The third-order valence-corrected chi connectivity index (χ3v) is 6.00. The van der Waals surface area contributed by atoms with Crippen molar-refractivity contribution in [1.29, 1.82) is 0 Å². The average molecular weight is 481 g/mol. The molecule has 0 amide bonds. The standard InChI is InChI=1S/C25H24N10O/c1-13(2)25(36)30-17-6-15(8-26-10-17)16-7-18-20(33-34-22(18)28-9-16)23-31-19-4-5-27-24(21(19)32-23)35-11-14(3)29-12-35/h4-13,25,30,36H,1-3H3,(H,31,32)(H,28,33,34). The van der Waals surface area contributed by atoms with Gasteiger partial charge in [0.2, 0.25) is 0 Å². The summed E-state index contributed by atoms with van der Waals surface area (Å²) < 4.78 is 1.86. The molecule has 180 valence electrons. The van der Waals surface area contributed by atoms with Crippen molar-refractivity contribution >= 4 is 27.8 Å². The lowest BCUT2D eigenvalue weighted by Gasteiger charge is -2.17. The summed E-state index contributed by atoms with van der Waals surface area (Å²) in [5.74, 6) is 1.39. The summed E-state index contributed by atoms with van der Waals surface area (Å²) >= 11 is 0. The average Bonchev–Trinajstić information content (AvgIpc) is 3.61. The molecule has 11 heteroatoms. The number of rotatable bonds is 6. The van der Waals surface area contributed by atoms with E-state index >= 15 is 0 Å². The first-order valence-corrected chi connectivity index (χ1v) is 11.6. The van der Waals surface area contributed by atoms with Crippen LogP contribution < -0.4 is 5.32 Å². The predicted octanol–water partition coefficient (Wildman–Crippen LogP) is 3.84. The van der Waals surface area contributed by atoms with Crippen molar-refractivity contribution in [3.63, 3.8) is 0 Å². The van der Waals surface area contributed by atoms with Gasteiger partial charge in [0.15, 0.2) is 17.3 Å². The number of aliphatic hydroxyl groups excluding tert-OH is 1. The minimum atomic E-state index is -0.665. The molecule has 6 rings (SSSR count). The summed E-state index contributed by atoms with van der Waals surface area (Å²) in [6.07, 6.45) is 9.92. The van der Waals surface area contributed by atoms with E-state index in [1.165, 1.54) is 0 Å². The highest BCUT2D eigenvalue weighted by atomic mass is 16.3. The third kappa shape index (κ3) is 3.85. The maximum absolute atomic E-state index is 10.2. The Kier molecular flexibility index (Phi) is 5.19. The van der Waals surface area contributed by atoms with Crippen LogP contribution in [0, 0.1) is 12.8 Å². The lowest BCUT2D eigenvalue weighted by atomic mass is 10.1. The first kappa shape index (κ1) is 21.9. The first-order valence-electron chi connectivity index (χ1n) is 11.6. The van der Waals surface area contributed by atoms with E-state index in [4.69, 9.17) is 4.98 Å². The molecule has 0 aliphatic carbocycles. The fraction of sp³-hybridized carbons (Fsp3) is 0.200. The van der Waals surface area contributed by atoms with E-state index in [9.17, 15) is 5.11 Å². The summed E-state index contributed by atoms with van der Waals surface area (Å²) in [5, 5.41) is 21.5. The van der Waals surface area contributed by atoms with Crippen LogP contribution in [0.2, 0.25) is 0 Å². The number of aromatic amines is 2. The van der Waals surface area contributed by atoms with Gasteiger partial charge in [-0.25, -0.2) is 19.9 Å². The normalized spacial score (nSPS) is 12.6. The Labute approximate surface area is 205 Å². The molecule has 0 aliphatic heterocycles. The lowest BCUT2D eigenvalue weighted by molar-refractivity contribution is 0.153. The largest absolute Gasteiger partial charge is 0.374 e. The zero-order valence-corrected chi connectivity index (χ0v) is 19.9. The van der Waals surface area contributed by atoms with Crippen molar-refractivity contribution in [2.75, 3.05) is 5.32 Å². The zero-order valence-electron chi connectivity index (χ0n) is 19.9. The monoisotopic (exact) mass is 480 g/mol. The van der Waals surface area contributed by atoms with Gasteiger partial charge in [-0.15, -0.1) is 0 Å². The zero-order chi connectivity index (χ0) is 24.8. The topological polar surface area (TPSA) is 146 Å². The number of nitrogens with one attached hydrogen (secondary N) is 3. The van der Waals surface area contributed by atoms with E-state index in [1.807, 2.05) is 49.7 Å². The second-order valence-corrected chi connectivity index (χ2v) is 9.03. The van der Waals surface area contributed by atoms with E-state index < -0.39 is 6.23 Å². The van der Waals surface area contributed by atoms with Crippen molar-refractivity contribution in [3.05, 3.63) is 61.2 Å². The highest BCUT2D eigenvalue weighted by molar-refractivity contribution is 5.94. The summed E-state index contributed by atoms with van der Waals surface area (Å²) in [6.45, 7) is 5.82. The third-order valence-electron chi connectivity index (χ3n) is 6.00. The highest BCUT2D eigenvalue weighted by Gasteiger charge is 2.17. The first-order chi connectivity index (χ1) is 17.5. The fourth-order valence-electron chi connectivity index (χ4n) is 4.02. The molecule has 6 aromatic heterocycles. The quantitative estimate of drug-likeness (QED) is 0.263. The minimum absolute atomic E-state index is 0.0671. The van der Waals surface area contributed by atoms with Gasteiger partial charge >= 0.3 is 0 Å². The Morgan fingerprint density at radius 3 is 2.72 bits per heavy atom. The SMILES string of the molecule is Cc1cn(-c2nccc3[nH]c(-c4[nH]nc5ncc(-c6cncc(NC(O)C(C)C)c6)cc45)nc23)cn1. The Morgan fingerprint density at radius 2 is 1.92 bits per heavy atom. The van der Waals surface area contributed by atoms with Gasteiger partial charge in [0.25, 0.3) is 0 Å². The van der Waals surface area contributed by atoms with Crippen LogP contribution in [-0.2, 0) is 0 Å². The summed E-state index contributed by atoms with van der Waals surface area (Å²) in [5.41, 5.74) is 6.24. The molecular weight excluding hydrogens is 456 g/mol. The molecule has 36 heavy (non-hydrogen) atoms. The van der Waals surface area contributed by atoms with Crippen LogP contribution in [-0.4, -0.2) is 56.0 Å². The molecule has 4 N–H and O–H groups in total. The molecule has 11 nitrogen and oxygen atoms in total. The van der Waals surface area contributed by atoms with Gasteiger partial charge in [-0.1, -0.05) is 13.8 Å². The molecule has 0 bridgehead atoms. The fourth-order valence-corrected chi connectivity index (χ4v) is 4.02. The summed E-state index contributed by atoms with van der Waals surface area (Å²) in [7, 11) is 0. The highest BCUT2D eigenvalue weighted by Crippen LogP contribution is 2.30. The number of imidazole rings is 2. The molecule has 0 spiro atoms. The molecule has 0 aliphatic rings. The number of H-pyrrole nitrogens is 2. The van der Waals surface area contributed by atoms with Gasteiger partial charge < -0.3 is 15.4 Å². The Bertz CT molecular complexity index is 1700. The van der Waals surface area contributed by atoms with Gasteiger partial charge in [-0.3, -0.25) is 14.6 Å². The van der Waals surface area contributed by atoms with Crippen LogP contribution in [0.3, 0.4) is 0 Å². The molecule has 0 aromatic carbocycles. The van der Waals surface area contributed by atoms with Crippen LogP contribution in [0.1, 0.15) is 19.5 Å². The van der Waals surface area contributed by atoms with Crippen molar-refractivity contribution in [1.82, 2.24) is 44.7 Å². The number of pyridine rings is 3. The van der Waals surface area contributed by atoms with Crippen LogP contribution >= 0.6 is 0 Å². The van der Waals surface area contributed by atoms with Crippen molar-refractivity contribution < 1.29 is 5.11 Å². The van der Waals surface area contributed by atoms with E-state index in [-0.39, 0.29) is 5.92 Å². The van der Waals surface area contributed by atoms with Gasteiger partial charge in [-0.05, 0) is 31.0 Å². The number of aliphatic hydroxyl groups is 1. The van der Waals surface area contributed by atoms with Gasteiger partial charge in [-0.2, -0.15) is 5.10 Å². The Hall–Kier alpha value is -4.64. The molecular formula is C25H24N10O. The minimum Gasteiger partial charge on any atom is -0.374 e. The molecule has 1 unspecified atom stereocenters. The Morgan fingerprint density at radius 1 is 1.06 bits per heavy atom. The van der Waals surface area contributed by atoms with E-state index in [0.717, 1.165) is 44.6 Å². The van der Waals surface area contributed by atoms with Crippen LogP contribution in [0.15, 0.2) is 55.5 Å². The Balaban J connectivity index is 1.41. The number of hydrogen-bond donors (Lipinski definition) is 4. The van der Waals surface area contributed by atoms with E-state index in [2.05, 4.69) is 40.4 Å². The van der Waals surface area contributed by atoms with Crippen LogP contribution in [0.4, 0.5) is 5.69 Å². The second-order valence-electron chi connectivity index (χ2n) is 9.03. The number of anilines is 1. The van der Waals surface area contributed by atoms with E-state index in [0.29, 0.717) is 17.3 Å². The van der Waals surface area contributed by atoms with Crippen molar-refractivity contribution in [3.8, 4) is 28.5 Å². The maximum atomic E-state index is 10.2. The number of nitrogens with zero attached hydrogens (tertiary/aromatic N) is 7. The molecule has 0 saturated heterocycles. The van der Waals surface area contributed by atoms with Crippen LogP contribution in [0.25, 0.3) is 50.5 Å². The van der Waals surface area contributed by atoms with Gasteiger partial charge in [0.05, 0.1) is 28.5 Å². The molecule has 0 saturated carbocycles. The predicted molar refractivity (Wildman–Crippen MR) is 136 cm³/mol. The molecule has 6 heterocycles. The van der Waals surface area contributed by atoms with Gasteiger partial charge in [0, 0.05) is 35.9 Å². The van der Waals surface area contributed by atoms with Crippen molar-refractivity contribution in [2.24, 2.45) is 5.92 Å². The summed E-state index contributed by atoms with van der Waals surface area (Å²) in [6, 6.07) is 5.83. The lowest BCUT2D eigenvalue weighted by Crippen LogP contribution is -2.24. The smallest absolute Gasteiger partial charge is 0.181 e. The molecule has 0 fully saturated rings. The molecule has 6 aromatic rings. The van der Waals surface area contributed by atoms with Crippen molar-refractivity contribution in [2.45, 2.75) is 27.0 Å². The number of fused-ring (bicyclic) bond motifs is 2.